The number of benzene rings is 3. The number of hydrogen-bond donors (Lipinski definition) is 0. The van der Waals surface area contributed by atoms with Gasteiger partial charge >= 0.3 is 5.97 Å². The van der Waals surface area contributed by atoms with Gasteiger partial charge in [-0.2, -0.15) is 0 Å². The van der Waals surface area contributed by atoms with Crippen LogP contribution in [0, 0.1) is 5.82 Å². The number of hydrogen-bond acceptors (Lipinski definition) is 5. The van der Waals surface area contributed by atoms with E-state index >= 15 is 0 Å². The molecule has 1 aliphatic heterocycles. The van der Waals surface area contributed by atoms with E-state index in [2.05, 4.69) is 0 Å². The Morgan fingerprint density at radius 3 is 2.52 bits per heavy atom. The first-order valence-electron chi connectivity index (χ1n) is 10.9. The van der Waals surface area contributed by atoms with Gasteiger partial charge in [0.1, 0.15) is 11.4 Å². The molecule has 168 valence electrons. The van der Waals surface area contributed by atoms with Crippen molar-refractivity contribution in [1.29, 1.82) is 0 Å². The van der Waals surface area contributed by atoms with Gasteiger partial charge in [-0.1, -0.05) is 42.5 Å². The number of halogens is 1. The quantitative estimate of drug-likeness (QED) is 0.431. The molecule has 1 fully saturated rings. The van der Waals surface area contributed by atoms with E-state index in [4.69, 9.17) is 9.15 Å². The van der Waals surface area contributed by atoms with Crippen LogP contribution in [0.2, 0.25) is 0 Å². The minimum absolute atomic E-state index is 0.0232. The summed E-state index contributed by atoms with van der Waals surface area (Å²) in [6, 6.07) is 18.4. The Labute approximate surface area is 190 Å². The van der Waals surface area contributed by atoms with Crippen LogP contribution in [0.25, 0.3) is 21.7 Å². The highest BCUT2D eigenvalue weighted by atomic mass is 19.1. The number of esters is 1. The van der Waals surface area contributed by atoms with Gasteiger partial charge in [-0.15, -0.1) is 0 Å². The average Bonchev–Trinajstić information content (AvgIpc) is 3.26. The summed E-state index contributed by atoms with van der Waals surface area (Å²) in [5.74, 6) is -1.01. The van der Waals surface area contributed by atoms with Crippen molar-refractivity contribution >= 4 is 39.3 Å². The third kappa shape index (κ3) is 4.26. The molecule has 1 amide bonds. The Morgan fingerprint density at radius 2 is 1.70 bits per heavy atom. The van der Waals surface area contributed by atoms with Gasteiger partial charge in [0, 0.05) is 37.1 Å². The minimum atomic E-state index is -0.482. The summed E-state index contributed by atoms with van der Waals surface area (Å²) < 4.78 is 24.9. The maximum absolute atomic E-state index is 14.0. The largest absolute Gasteiger partial charge is 0.464 e. The number of ether oxygens (including phenoxy) is 1. The van der Waals surface area contributed by atoms with Gasteiger partial charge in [0.25, 0.3) is 5.91 Å². The van der Waals surface area contributed by atoms with Crippen LogP contribution in [0.4, 0.5) is 10.1 Å². The van der Waals surface area contributed by atoms with Crippen LogP contribution in [0.1, 0.15) is 5.56 Å². The van der Waals surface area contributed by atoms with Gasteiger partial charge in [-0.05, 0) is 29.0 Å². The van der Waals surface area contributed by atoms with Gasteiger partial charge in [-0.3, -0.25) is 9.59 Å². The fourth-order valence-electron chi connectivity index (χ4n) is 4.35. The summed E-state index contributed by atoms with van der Waals surface area (Å²) in [5.41, 5.74) is 1.98. The number of fused-ring (bicyclic) bond motifs is 3. The lowest BCUT2D eigenvalue weighted by molar-refractivity contribution is -0.151. The fourth-order valence-corrected chi connectivity index (χ4v) is 4.35. The van der Waals surface area contributed by atoms with Crippen molar-refractivity contribution < 1.29 is 23.1 Å². The molecule has 33 heavy (non-hydrogen) atoms. The highest BCUT2D eigenvalue weighted by Crippen LogP contribution is 2.30. The van der Waals surface area contributed by atoms with Crippen molar-refractivity contribution in [3.63, 3.8) is 0 Å². The summed E-state index contributed by atoms with van der Waals surface area (Å²) in [6.45, 7) is 1.63. The number of furan rings is 1. The van der Waals surface area contributed by atoms with Gasteiger partial charge in [0.15, 0.2) is 6.61 Å². The van der Waals surface area contributed by atoms with E-state index in [0.717, 1.165) is 21.7 Å². The lowest BCUT2D eigenvalue weighted by Gasteiger charge is -2.36. The molecule has 0 aliphatic carbocycles. The van der Waals surface area contributed by atoms with Gasteiger partial charge in [0.2, 0.25) is 0 Å². The molecule has 0 atom stereocenters. The second-order valence-electron chi connectivity index (χ2n) is 8.08. The SMILES string of the molecule is O=C(Cc1coc2ccc3ccccc3c12)OCC(=O)N1CCN(c2ccccc2F)CC1. The van der Waals surface area contributed by atoms with E-state index in [-0.39, 0.29) is 24.8 Å². The summed E-state index contributed by atoms with van der Waals surface area (Å²) in [7, 11) is 0. The molecule has 1 aromatic heterocycles. The molecule has 0 N–H and O–H groups in total. The van der Waals surface area contributed by atoms with Gasteiger partial charge < -0.3 is 19.0 Å². The molecular weight excluding hydrogens is 423 g/mol. The normalized spacial score (nSPS) is 14.1. The number of carbonyl (C=O) groups excluding carboxylic acids is 2. The topological polar surface area (TPSA) is 63.0 Å². The predicted molar refractivity (Wildman–Crippen MR) is 124 cm³/mol. The van der Waals surface area contributed by atoms with Crippen molar-refractivity contribution in [2.24, 2.45) is 0 Å². The highest BCUT2D eigenvalue weighted by molar-refractivity contribution is 6.08. The molecule has 0 spiro atoms. The smallest absolute Gasteiger partial charge is 0.310 e. The van der Waals surface area contributed by atoms with Crippen molar-refractivity contribution in [3.8, 4) is 0 Å². The Morgan fingerprint density at radius 1 is 0.939 bits per heavy atom. The van der Waals surface area contributed by atoms with Crippen molar-refractivity contribution in [2.75, 3.05) is 37.7 Å². The minimum Gasteiger partial charge on any atom is -0.464 e. The van der Waals surface area contributed by atoms with Crippen LogP contribution < -0.4 is 4.90 Å². The zero-order valence-corrected chi connectivity index (χ0v) is 18.0. The number of carbonyl (C=O) groups is 2. The molecule has 0 unspecified atom stereocenters. The molecule has 0 saturated carbocycles. The van der Waals surface area contributed by atoms with E-state index in [1.807, 2.05) is 41.3 Å². The Kier molecular flexibility index (Phi) is 5.69. The maximum atomic E-state index is 14.0. The number of rotatable bonds is 5. The number of nitrogens with zero attached hydrogens (tertiary/aromatic N) is 2. The molecule has 0 radical (unpaired) electrons. The predicted octanol–water partition coefficient (Wildman–Crippen LogP) is 4.16. The second-order valence-corrected chi connectivity index (χ2v) is 8.08. The van der Waals surface area contributed by atoms with Gasteiger partial charge in [-0.25, -0.2) is 4.39 Å². The molecule has 1 saturated heterocycles. The number of para-hydroxylation sites is 1. The molecular formula is C26H23FN2O4. The summed E-state index contributed by atoms with van der Waals surface area (Å²) in [5, 5.41) is 2.96. The Bertz CT molecular complexity index is 1320. The summed E-state index contributed by atoms with van der Waals surface area (Å²) >= 11 is 0. The molecule has 7 heteroatoms. The number of amides is 1. The van der Waals surface area contributed by atoms with Crippen LogP contribution in [0.15, 0.2) is 71.3 Å². The van der Waals surface area contributed by atoms with E-state index in [1.54, 1.807) is 29.4 Å². The molecule has 6 nitrogen and oxygen atoms in total. The van der Waals surface area contributed by atoms with Crippen LogP contribution in [-0.2, 0) is 20.7 Å². The zero-order chi connectivity index (χ0) is 22.8. The van der Waals surface area contributed by atoms with E-state index in [1.165, 1.54) is 6.07 Å². The highest BCUT2D eigenvalue weighted by Gasteiger charge is 2.24. The first kappa shape index (κ1) is 21.0. The average molecular weight is 446 g/mol. The molecule has 2 heterocycles. The first-order chi connectivity index (χ1) is 16.1. The molecule has 4 aromatic rings. The maximum Gasteiger partial charge on any atom is 0.310 e. The second kappa shape index (κ2) is 8.94. The molecule has 0 bridgehead atoms. The third-order valence-corrected chi connectivity index (χ3v) is 6.06. The number of anilines is 1. The molecule has 1 aliphatic rings. The van der Waals surface area contributed by atoms with Crippen molar-refractivity contribution in [1.82, 2.24) is 4.90 Å². The zero-order valence-electron chi connectivity index (χ0n) is 18.0. The van der Waals surface area contributed by atoms with Crippen LogP contribution in [0.5, 0.6) is 0 Å². The Hall–Kier alpha value is -3.87. The lowest BCUT2D eigenvalue weighted by atomic mass is 10.0. The van der Waals surface area contributed by atoms with Crippen molar-refractivity contribution in [3.05, 3.63) is 78.3 Å². The summed E-state index contributed by atoms with van der Waals surface area (Å²) in [4.78, 5) is 28.6. The van der Waals surface area contributed by atoms with E-state index in [0.29, 0.717) is 37.4 Å². The standard InChI is InChI=1S/C26H23FN2O4/c27-21-7-3-4-8-22(21)28-11-13-29(14-12-28)24(30)17-33-25(31)15-19-16-32-23-10-9-18-5-1-2-6-20(18)26(19)23/h1-10,16H,11-15,17H2. The first-order valence-corrected chi connectivity index (χ1v) is 10.9. The van der Waals surface area contributed by atoms with Crippen LogP contribution >= 0.6 is 0 Å². The fraction of sp³-hybridized carbons (Fsp3) is 0.231. The third-order valence-electron chi connectivity index (χ3n) is 6.06. The van der Waals surface area contributed by atoms with Crippen molar-refractivity contribution in [2.45, 2.75) is 6.42 Å². The van der Waals surface area contributed by atoms with Gasteiger partial charge in [0.05, 0.1) is 18.4 Å². The monoisotopic (exact) mass is 446 g/mol. The van der Waals surface area contributed by atoms with E-state index in [9.17, 15) is 14.0 Å². The molecule has 3 aromatic carbocycles. The van der Waals surface area contributed by atoms with Crippen LogP contribution in [-0.4, -0.2) is 49.6 Å². The lowest BCUT2D eigenvalue weighted by Crippen LogP contribution is -2.50. The number of piperazine rings is 1. The summed E-state index contributed by atoms with van der Waals surface area (Å²) in [6.07, 6.45) is 1.59. The van der Waals surface area contributed by atoms with Crippen LogP contribution in [0.3, 0.4) is 0 Å². The molecule has 5 rings (SSSR count). The van der Waals surface area contributed by atoms with E-state index < -0.39 is 5.97 Å². The Balaban J connectivity index is 1.17.